The Labute approximate surface area is 104 Å². The lowest BCUT2D eigenvalue weighted by atomic mass is 10.2. The highest BCUT2D eigenvalue weighted by Gasteiger charge is 2.18. The van der Waals surface area contributed by atoms with Crippen LogP contribution in [0.2, 0.25) is 0 Å². The van der Waals surface area contributed by atoms with Crippen molar-refractivity contribution in [3.63, 3.8) is 0 Å². The van der Waals surface area contributed by atoms with Gasteiger partial charge in [0, 0.05) is 0 Å². The van der Waals surface area contributed by atoms with Gasteiger partial charge in [-0.2, -0.15) is 0 Å². The fraction of sp³-hybridized carbons (Fsp3) is 0.308. The maximum atomic E-state index is 11.2. The van der Waals surface area contributed by atoms with Crippen molar-refractivity contribution >= 4 is 11.5 Å². The summed E-state index contributed by atoms with van der Waals surface area (Å²) >= 11 is 0. The van der Waals surface area contributed by atoms with Gasteiger partial charge in [-0.3, -0.25) is 9.28 Å². The van der Waals surface area contributed by atoms with Crippen LogP contribution in [0.15, 0.2) is 43.0 Å². The predicted molar refractivity (Wildman–Crippen MR) is 64.8 cm³/mol. The molecular weight excluding hydrogens is 222 g/mol. The number of hydrogen-bond acceptors (Lipinski definition) is 1. The van der Waals surface area contributed by atoms with Crippen LogP contribution < -0.4 is 16.9 Å². The van der Waals surface area contributed by atoms with Crippen LogP contribution in [0.25, 0.3) is 0 Å². The van der Waals surface area contributed by atoms with Crippen molar-refractivity contribution in [2.24, 2.45) is 0 Å². The van der Waals surface area contributed by atoms with Crippen molar-refractivity contribution in [1.29, 1.82) is 0 Å². The summed E-state index contributed by atoms with van der Waals surface area (Å²) in [7, 11) is 4.21. The molecule has 0 aliphatic rings. The summed E-state index contributed by atoms with van der Waals surface area (Å²) in [6, 6.07) is 10.2. The normalized spacial score (nSPS) is 10.4. The molecule has 2 nitrogen and oxygen atoms in total. The van der Waals surface area contributed by atoms with Gasteiger partial charge in [-0.15, -0.1) is 0 Å². The van der Waals surface area contributed by atoms with E-state index in [1.807, 2.05) is 18.2 Å². The van der Waals surface area contributed by atoms with E-state index in [9.17, 15) is 4.79 Å². The minimum atomic E-state index is 0. The Balaban J connectivity index is 0.00000225. The van der Waals surface area contributed by atoms with Crippen molar-refractivity contribution < 1.29 is 17.2 Å². The first-order chi connectivity index (χ1) is 7.06. The number of nitrogens with zero attached hydrogens (tertiary/aromatic N) is 1. The fourth-order valence-corrected chi connectivity index (χ4v) is 1.45. The largest absolute Gasteiger partial charge is 1.00 e. The molecule has 0 N–H and O–H groups in total. The molecule has 0 aromatic heterocycles. The predicted octanol–water partition coefficient (Wildman–Crippen LogP) is -0.597. The Morgan fingerprint density at radius 1 is 1.31 bits per heavy atom. The van der Waals surface area contributed by atoms with Gasteiger partial charge in [0.2, 0.25) is 0 Å². The molecule has 0 atom stereocenters. The Morgan fingerprint density at radius 3 is 2.38 bits per heavy atom. The van der Waals surface area contributed by atoms with Crippen LogP contribution in [0.5, 0.6) is 0 Å². The topological polar surface area (TPSA) is 17.1 Å². The van der Waals surface area contributed by atoms with Crippen LogP contribution >= 0.6 is 0 Å². The van der Waals surface area contributed by atoms with E-state index in [4.69, 9.17) is 0 Å². The Hall–Kier alpha value is -1.12. The molecule has 0 saturated heterocycles. The monoisotopic (exact) mass is 239 g/mol. The highest BCUT2D eigenvalue weighted by atomic mass is 35.5. The van der Waals surface area contributed by atoms with E-state index in [1.165, 1.54) is 11.8 Å². The third kappa shape index (κ3) is 4.17. The molecule has 0 bridgehead atoms. The molecule has 0 unspecified atom stereocenters. The SMILES string of the molecule is C=CC(=O)CC[N+](C)(C)c1ccccc1.[Cl-]. The maximum Gasteiger partial charge on any atom is 0.160 e. The highest BCUT2D eigenvalue weighted by Crippen LogP contribution is 2.18. The molecule has 1 aromatic carbocycles. The molecule has 1 rings (SSSR count). The average Bonchev–Trinajstić information content (AvgIpc) is 2.27. The first-order valence-corrected chi connectivity index (χ1v) is 5.10. The number of rotatable bonds is 5. The number of carbonyl (C=O) groups excluding carboxylic acids is 1. The lowest BCUT2D eigenvalue weighted by molar-refractivity contribution is -0.114. The molecule has 88 valence electrons. The molecule has 0 fully saturated rings. The molecule has 0 saturated carbocycles. The number of carbonyl (C=O) groups is 1. The summed E-state index contributed by atoms with van der Waals surface area (Å²) in [5.74, 6) is 0.108. The van der Waals surface area contributed by atoms with E-state index < -0.39 is 0 Å². The fourth-order valence-electron chi connectivity index (χ4n) is 1.45. The van der Waals surface area contributed by atoms with Crippen molar-refractivity contribution in [3.8, 4) is 0 Å². The number of allylic oxidation sites excluding steroid dienone is 1. The van der Waals surface area contributed by atoms with Gasteiger partial charge in [-0.25, -0.2) is 0 Å². The van der Waals surface area contributed by atoms with Crippen molar-refractivity contribution in [2.45, 2.75) is 6.42 Å². The van der Waals surface area contributed by atoms with Gasteiger partial charge in [0.05, 0.1) is 27.1 Å². The van der Waals surface area contributed by atoms with Crippen LogP contribution in [-0.2, 0) is 4.79 Å². The summed E-state index contributed by atoms with van der Waals surface area (Å²) in [5, 5.41) is 0. The number of hydrogen-bond donors (Lipinski definition) is 0. The third-order valence-electron chi connectivity index (χ3n) is 2.60. The first-order valence-electron chi connectivity index (χ1n) is 5.10. The maximum absolute atomic E-state index is 11.2. The molecule has 0 radical (unpaired) electrons. The Morgan fingerprint density at radius 2 is 1.88 bits per heavy atom. The van der Waals surface area contributed by atoms with E-state index in [0.717, 1.165) is 11.0 Å². The van der Waals surface area contributed by atoms with E-state index in [1.54, 1.807) is 0 Å². The Bertz CT molecular complexity index is 346. The zero-order valence-corrected chi connectivity index (χ0v) is 10.6. The van der Waals surface area contributed by atoms with Crippen molar-refractivity contribution in [3.05, 3.63) is 43.0 Å². The summed E-state index contributed by atoms with van der Waals surface area (Å²) < 4.78 is 0.723. The standard InChI is InChI=1S/C13H18NO.ClH/c1-4-13(15)10-11-14(2,3)12-8-6-5-7-9-12;/h4-9H,1,10-11H2,2-3H3;1H/q+1;/p-1. The lowest BCUT2D eigenvalue weighted by Gasteiger charge is -2.28. The Kier molecular flexibility index (Phi) is 6.01. The molecule has 3 heteroatoms. The highest BCUT2D eigenvalue weighted by molar-refractivity contribution is 5.89. The molecular formula is C13H18ClNO. The number of benzene rings is 1. The van der Waals surface area contributed by atoms with E-state index in [0.29, 0.717) is 6.42 Å². The summed E-state index contributed by atoms with van der Waals surface area (Å²) in [5.41, 5.74) is 1.22. The molecule has 1 aromatic rings. The van der Waals surface area contributed by atoms with Gasteiger partial charge < -0.3 is 12.4 Å². The van der Waals surface area contributed by atoms with Crippen molar-refractivity contribution in [2.75, 3.05) is 20.6 Å². The minimum absolute atomic E-state index is 0. The number of quaternary nitrogens is 1. The van der Waals surface area contributed by atoms with E-state index in [-0.39, 0.29) is 18.2 Å². The first kappa shape index (κ1) is 14.9. The summed E-state index contributed by atoms with van der Waals surface area (Å²) in [6.45, 7) is 4.28. The van der Waals surface area contributed by atoms with Crippen LogP contribution in [0.4, 0.5) is 5.69 Å². The minimum Gasteiger partial charge on any atom is -1.00 e. The van der Waals surface area contributed by atoms with E-state index >= 15 is 0 Å². The zero-order valence-electron chi connectivity index (χ0n) is 9.82. The van der Waals surface area contributed by atoms with Gasteiger partial charge in [-0.05, 0) is 18.2 Å². The molecule has 0 heterocycles. The second-order valence-electron chi connectivity index (χ2n) is 4.16. The van der Waals surface area contributed by atoms with Gasteiger partial charge >= 0.3 is 0 Å². The number of halogens is 1. The van der Waals surface area contributed by atoms with Crippen LogP contribution in [-0.4, -0.2) is 26.4 Å². The molecule has 0 aliphatic heterocycles. The summed E-state index contributed by atoms with van der Waals surface area (Å²) in [6.07, 6.45) is 1.94. The molecule has 0 spiro atoms. The van der Waals surface area contributed by atoms with Crippen LogP contribution in [0.3, 0.4) is 0 Å². The van der Waals surface area contributed by atoms with Gasteiger partial charge in [0.1, 0.15) is 5.69 Å². The smallest absolute Gasteiger partial charge is 0.160 e. The second-order valence-corrected chi connectivity index (χ2v) is 4.16. The number of ketones is 1. The number of para-hydroxylation sites is 1. The molecule has 0 aliphatic carbocycles. The molecule has 0 amide bonds. The van der Waals surface area contributed by atoms with Crippen molar-refractivity contribution in [1.82, 2.24) is 4.48 Å². The second kappa shape index (κ2) is 6.46. The lowest BCUT2D eigenvalue weighted by Crippen LogP contribution is -3.00. The van der Waals surface area contributed by atoms with Crippen LogP contribution in [0, 0.1) is 0 Å². The van der Waals surface area contributed by atoms with Gasteiger partial charge in [0.15, 0.2) is 5.78 Å². The van der Waals surface area contributed by atoms with Gasteiger partial charge in [0.25, 0.3) is 0 Å². The van der Waals surface area contributed by atoms with Gasteiger partial charge in [-0.1, -0.05) is 24.8 Å². The average molecular weight is 240 g/mol. The zero-order chi connectivity index (χ0) is 11.3. The van der Waals surface area contributed by atoms with E-state index in [2.05, 4.69) is 32.8 Å². The van der Waals surface area contributed by atoms with Crippen LogP contribution in [0.1, 0.15) is 6.42 Å². The third-order valence-corrected chi connectivity index (χ3v) is 2.60. The quantitative estimate of drug-likeness (QED) is 0.496. The molecule has 16 heavy (non-hydrogen) atoms. The summed E-state index contributed by atoms with van der Waals surface area (Å²) in [4.78, 5) is 11.2.